The zero-order chi connectivity index (χ0) is 16.2. The zero-order valence-corrected chi connectivity index (χ0v) is 14.4. The first-order valence-corrected chi connectivity index (χ1v) is 8.47. The van der Waals surface area contributed by atoms with E-state index < -0.39 is 20.7 Å². The molecule has 0 saturated carbocycles. The number of hydrogen-bond acceptors (Lipinski definition) is 4. The van der Waals surface area contributed by atoms with Crippen LogP contribution in [0.4, 0.5) is 10.1 Å². The van der Waals surface area contributed by atoms with E-state index in [9.17, 15) is 12.8 Å². The van der Waals surface area contributed by atoms with Gasteiger partial charge >= 0.3 is 0 Å². The average molecular weight is 402 g/mol. The number of benzene rings is 1. The Bertz CT molecular complexity index is 652. The molecule has 1 aromatic carbocycles. The molecule has 1 rings (SSSR count). The first-order chi connectivity index (χ1) is 9.66. The van der Waals surface area contributed by atoms with Gasteiger partial charge in [0, 0.05) is 6.54 Å². The van der Waals surface area contributed by atoms with E-state index in [0.717, 1.165) is 11.6 Å². The lowest BCUT2D eigenvalue weighted by molar-refractivity contribution is 0.162. The van der Waals surface area contributed by atoms with Crippen molar-refractivity contribution >= 4 is 43.2 Å². The fourth-order valence-corrected chi connectivity index (χ4v) is 3.06. The molecule has 0 spiro atoms. The van der Waals surface area contributed by atoms with Gasteiger partial charge in [-0.2, -0.15) is 0 Å². The third kappa shape index (κ3) is 4.93. The SMILES string of the molecule is C=C(C)COCCNS(=O)(=O)c1cc(Cl)c(Br)c(N)c1F. The topological polar surface area (TPSA) is 81.4 Å². The molecule has 3 N–H and O–H groups in total. The van der Waals surface area contributed by atoms with Crippen LogP contribution in [0.15, 0.2) is 27.6 Å². The fourth-order valence-electron chi connectivity index (χ4n) is 1.37. The minimum Gasteiger partial charge on any atom is -0.395 e. The highest BCUT2D eigenvalue weighted by Gasteiger charge is 2.23. The molecule has 0 atom stereocenters. The lowest BCUT2D eigenvalue weighted by Gasteiger charge is -2.11. The van der Waals surface area contributed by atoms with Crippen LogP contribution in [0.2, 0.25) is 5.02 Å². The van der Waals surface area contributed by atoms with Crippen LogP contribution in [0.1, 0.15) is 6.92 Å². The molecular formula is C12H15BrClFN2O3S. The van der Waals surface area contributed by atoms with Gasteiger partial charge in [0.2, 0.25) is 10.0 Å². The van der Waals surface area contributed by atoms with Crippen molar-refractivity contribution < 1.29 is 17.5 Å². The molecule has 5 nitrogen and oxygen atoms in total. The van der Waals surface area contributed by atoms with Gasteiger partial charge in [-0.3, -0.25) is 0 Å². The van der Waals surface area contributed by atoms with E-state index >= 15 is 0 Å². The molecule has 0 heterocycles. The first-order valence-electron chi connectivity index (χ1n) is 5.81. The van der Waals surface area contributed by atoms with E-state index in [1.165, 1.54) is 0 Å². The lowest BCUT2D eigenvalue weighted by atomic mass is 10.3. The smallest absolute Gasteiger partial charge is 0.243 e. The molecule has 21 heavy (non-hydrogen) atoms. The third-order valence-corrected chi connectivity index (χ3v) is 5.17. The maximum atomic E-state index is 13.9. The highest BCUT2D eigenvalue weighted by molar-refractivity contribution is 9.10. The number of sulfonamides is 1. The van der Waals surface area contributed by atoms with Crippen molar-refractivity contribution in [3.05, 3.63) is 33.5 Å². The molecule has 0 fully saturated rings. The van der Waals surface area contributed by atoms with Crippen LogP contribution in [0.5, 0.6) is 0 Å². The summed E-state index contributed by atoms with van der Waals surface area (Å²) in [5.41, 5.74) is 5.91. The molecule has 0 unspecified atom stereocenters. The van der Waals surface area contributed by atoms with E-state index in [2.05, 4.69) is 27.2 Å². The summed E-state index contributed by atoms with van der Waals surface area (Å²) in [5, 5.41) is 0.00723. The largest absolute Gasteiger partial charge is 0.395 e. The van der Waals surface area contributed by atoms with E-state index in [4.69, 9.17) is 22.1 Å². The number of anilines is 1. The fraction of sp³-hybridized carbons (Fsp3) is 0.333. The van der Waals surface area contributed by atoms with Gasteiger partial charge in [0.25, 0.3) is 0 Å². The Morgan fingerprint density at radius 3 is 2.81 bits per heavy atom. The molecule has 0 bridgehead atoms. The van der Waals surface area contributed by atoms with Gasteiger partial charge < -0.3 is 10.5 Å². The van der Waals surface area contributed by atoms with Gasteiger partial charge in [-0.25, -0.2) is 17.5 Å². The van der Waals surface area contributed by atoms with Gasteiger partial charge in [-0.05, 0) is 28.9 Å². The number of hydrogen-bond donors (Lipinski definition) is 2. The first kappa shape index (κ1) is 18.4. The number of halogens is 3. The lowest BCUT2D eigenvalue weighted by Crippen LogP contribution is -2.28. The Morgan fingerprint density at radius 1 is 1.62 bits per heavy atom. The number of ether oxygens (including phenoxy) is 1. The Morgan fingerprint density at radius 2 is 2.24 bits per heavy atom. The normalized spacial score (nSPS) is 11.6. The summed E-state index contributed by atoms with van der Waals surface area (Å²) in [6.45, 7) is 5.87. The summed E-state index contributed by atoms with van der Waals surface area (Å²) in [6.07, 6.45) is 0. The molecule has 0 radical (unpaired) electrons. The van der Waals surface area contributed by atoms with Crippen LogP contribution < -0.4 is 10.5 Å². The molecule has 1 aromatic rings. The van der Waals surface area contributed by atoms with Gasteiger partial charge in [0.15, 0.2) is 5.82 Å². The van der Waals surface area contributed by atoms with Crippen molar-refractivity contribution in [2.75, 3.05) is 25.5 Å². The van der Waals surface area contributed by atoms with Gasteiger partial charge in [0.05, 0.1) is 28.4 Å². The molecule has 0 aliphatic rings. The molecule has 0 aliphatic heterocycles. The van der Waals surface area contributed by atoms with Crippen molar-refractivity contribution in [2.45, 2.75) is 11.8 Å². The Balaban J connectivity index is 2.82. The second-order valence-corrected chi connectivity index (χ2v) is 7.24. The van der Waals surface area contributed by atoms with Gasteiger partial charge in [0.1, 0.15) is 4.90 Å². The third-order valence-electron chi connectivity index (χ3n) is 2.33. The zero-order valence-electron chi connectivity index (χ0n) is 11.3. The van der Waals surface area contributed by atoms with E-state index in [-0.39, 0.29) is 28.3 Å². The monoisotopic (exact) mass is 400 g/mol. The molecular weight excluding hydrogens is 387 g/mol. The maximum Gasteiger partial charge on any atom is 0.243 e. The quantitative estimate of drug-likeness (QED) is 0.318. The van der Waals surface area contributed by atoms with Gasteiger partial charge in [-0.1, -0.05) is 23.8 Å². The van der Waals surface area contributed by atoms with Crippen LogP contribution in [-0.4, -0.2) is 28.2 Å². The van der Waals surface area contributed by atoms with Crippen molar-refractivity contribution in [3.8, 4) is 0 Å². The second kappa shape index (κ2) is 7.55. The Labute approximate surface area is 136 Å². The summed E-state index contributed by atoms with van der Waals surface area (Å²) in [7, 11) is -4.07. The highest BCUT2D eigenvalue weighted by atomic mass is 79.9. The van der Waals surface area contributed by atoms with E-state index in [0.29, 0.717) is 6.61 Å². The second-order valence-electron chi connectivity index (χ2n) is 4.31. The summed E-state index contributed by atoms with van der Waals surface area (Å²) in [6, 6.07) is 0.994. The summed E-state index contributed by atoms with van der Waals surface area (Å²) >= 11 is 8.77. The molecule has 0 aromatic heterocycles. The Kier molecular flexibility index (Phi) is 6.61. The van der Waals surface area contributed by atoms with Gasteiger partial charge in [-0.15, -0.1) is 0 Å². The van der Waals surface area contributed by atoms with Crippen LogP contribution in [0.25, 0.3) is 0 Å². The standard InChI is InChI=1S/C12H15BrClFN2O3S/c1-7(2)6-20-4-3-17-21(18,19)9-5-8(14)10(13)12(16)11(9)15/h5,17H,1,3-4,6,16H2,2H3. The minimum atomic E-state index is -4.07. The number of nitrogens with one attached hydrogen (secondary N) is 1. The molecule has 9 heteroatoms. The molecule has 0 aliphatic carbocycles. The molecule has 118 valence electrons. The number of nitrogen functional groups attached to an aromatic ring is 1. The van der Waals surface area contributed by atoms with Crippen LogP contribution in [0, 0.1) is 5.82 Å². The summed E-state index contributed by atoms with van der Waals surface area (Å²) < 4.78 is 45.4. The number of rotatable bonds is 7. The van der Waals surface area contributed by atoms with Crippen LogP contribution in [0.3, 0.4) is 0 Å². The van der Waals surface area contributed by atoms with E-state index in [1.54, 1.807) is 6.92 Å². The van der Waals surface area contributed by atoms with Crippen LogP contribution >= 0.6 is 27.5 Å². The summed E-state index contributed by atoms with van der Waals surface area (Å²) in [5.74, 6) is -1.05. The number of nitrogens with two attached hydrogens (primary N) is 1. The van der Waals surface area contributed by atoms with Crippen molar-refractivity contribution in [2.24, 2.45) is 0 Å². The van der Waals surface area contributed by atoms with Crippen molar-refractivity contribution in [1.82, 2.24) is 4.72 Å². The summed E-state index contributed by atoms with van der Waals surface area (Å²) in [4.78, 5) is -0.604. The average Bonchev–Trinajstić information content (AvgIpc) is 2.39. The maximum absolute atomic E-state index is 13.9. The predicted molar refractivity (Wildman–Crippen MR) is 84.3 cm³/mol. The van der Waals surface area contributed by atoms with Crippen molar-refractivity contribution in [3.63, 3.8) is 0 Å². The minimum absolute atomic E-state index is 0.00723. The van der Waals surface area contributed by atoms with Crippen molar-refractivity contribution in [1.29, 1.82) is 0 Å². The van der Waals surface area contributed by atoms with Crippen LogP contribution in [-0.2, 0) is 14.8 Å². The Hall–Kier alpha value is -0.670. The predicted octanol–water partition coefficient (Wildman–Crippen LogP) is 2.69. The highest BCUT2D eigenvalue weighted by Crippen LogP contribution is 2.34. The molecule has 0 saturated heterocycles. The van der Waals surface area contributed by atoms with E-state index in [1.807, 2.05) is 0 Å². The molecule has 0 amide bonds.